The Labute approximate surface area is 89.5 Å². The van der Waals surface area contributed by atoms with E-state index in [1.54, 1.807) is 0 Å². The molecule has 0 radical (unpaired) electrons. The van der Waals surface area contributed by atoms with Gasteiger partial charge in [-0.15, -0.1) is 0 Å². The van der Waals surface area contributed by atoms with Crippen LogP contribution in [0.25, 0.3) is 0 Å². The van der Waals surface area contributed by atoms with Crippen LogP contribution in [0.4, 0.5) is 0 Å². The summed E-state index contributed by atoms with van der Waals surface area (Å²) in [5.74, 6) is 0.863. The van der Waals surface area contributed by atoms with Crippen molar-refractivity contribution < 1.29 is 0 Å². The lowest BCUT2D eigenvalue weighted by molar-refractivity contribution is 0.0504. The van der Waals surface area contributed by atoms with Crippen LogP contribution < -0.4 is 5.73 Å². The standard InChI is InChI=1S/C13H27N/c1-10-6-12(3,4)9-13(5,7-10)8-11(2)14/h10-11H,6-9,14H2,1-5H3/t10-,11+,13-/m0/s1. The van der Waals surface area contributed by atoms with Gasteiger partial charge in [-0.05, 0) is 49.4 Å². The second-order valence-electron chi connectivity index (χ2n) is 6.85. The fourth-order valence-electron chi connectivity index (χ4n) is 4.09. The van der Waals surface area contributed by atoms with Crippen LogP contribution in [0.2, 0.25) is 0 Å². The number of nitrogens with two attached hydrogens (primary N) is 1. The summed E-state index contributed by atoms with van der Waals surface area (Å²) in [6.07, 6.45) is 5.26. The zero-order valence-electron chi connectivity index (χ0n) is 10.6. The van der Waals surface area contributed by atoms with Gasteiger partial charge in [0.1, 0.15) is 0 Å². The quantitative estimate of drug-likeness (QED) is 0.719. The summed E-state index contributed by atoms with van der Waals surface area (Å²) in [6.45, 7) is 11.8. The van der Waals surface area contributed by atoms with Gasteiger partial charge in [-0.3, -0.25) is 0 Å². The fourth-order valence-corrected chi connectivity index (χ4v) is 4.09. The maximum absolute atomic E-state index is 5.94. The lowest BCUT2D eigenvalue weighted by Gasteiger charge is -2.46. The largest absolute Gasteiger partial charge is 0.328 e. The van der Waals surface area contributed by atoms with Crippen LogP contribution in [0, 0.1) is 16.7 Å². The smallest absolute Gasteiger partial charge is 0.00156 e. The highest BCUT2D eigenvalue weighted by Crippen LogP contribution is 2.50. The predicted molar refractivity (Wildman–Crippen MR) is 63.2 cm³/mol. The van der Waals surface area contributed by atoms with Crippen LogP contribution in [-0.4, -0.2) is 6.04 Å². The summed E-state index contributed by atoms with van der Waals surface area (Å²) >= 11 is 0. The predicted octanol–water partition coefficient (Wildman–Crippen LogP) is 3.58. The monoisotopic (exact) mass is 197 g/mol. The van der Waals surface area contributed by atoms with E-state index < -0.39 is 0 Å². The molecule has 0 unspecified atom stereocenters. The van der Waals surface area contributed by atoms with Crippen LogP contribution >= 0.6 is 0 Å². The Kier molecular flexibility index (Phi) is 3.30. The molecule has 84 valence electrons. The molecule has 1 rings (SSSR count). The number of rotatable bonds is 2. The molecule has 2 N–H and O–H groups in total. The third-order valence-corrected chi connectivity index (χ3v) is 3.46. The lowest BCUT2D eigenvalue weighted by atomic mass is 9.59. The van der Waals surface area contributed by atoms with Gasteiger partial charge in [0.2, 0.25) is 0 Å². The van der Waals surface area contributed by atoms with E-state index in [1.807, 2.05) is 0 Å². The Hall–Kier alpha value is -0.0400. The third-order valence-electron chi connectivity index (χ3n) is 3.46. The first kappa shape index (κ1) is 12.0. The highest BCUT2D eigenvalue weighted by molar-refractivity contribution is 4.91. The van der Waals surface area contributed by atoms with Crippen LogP contribution in [0.5, 0.6) is 0 Å². The molecule has 1 fully saturated rings. The van der Waals surface area contributed by atoms with Gasteiger partial charge in [0.25, 0.3) is 0 Å². The van der Waals surface area contributed by atoms with Gasteiger partial charge >= 0.3 is 0 Å². The van der Waals surface area contributed by atoms with E-state index in [4.69, 9.17) is 5.73 Å². The summed E-state index contributed by atoms with van der Waals surface area (Å²) in [6, 6.07) is 0.348. The van der Waals surface area contributed by atoms with E-state index in [0.29, 0.717) is 16.9 Å². The molecule has 0 aliphatic heterocycles. The third kappa shape index (κ3) is 3.27. The zero-order chi connectivity index (χ0) is 11.0. The average molecular weight is 197 g/mol. The molecule has 0 bridgehead atoms. The first-order valence-electron chi connectivity index (χ1n) is 5.98. The summed E-state index contributed by atoms with van der Waals surface area (Å²) < 4.78 is 0. The Bertz CT molecular complexity index is 191. The van der Waals surface area contributed by atoms with Crippen molar-refractivity contribution in [3.8, 4) is 0 Å². The molecule has 0 aromatic carbocycles. The molecule has 1 aliphatic carbocycles. The van der Waals surface area contributed by atoms with Crippen molar-refractivity contribution in [3.05, 3.63) is 0 Å². The number of hydrogen-bond donors (Lipinski definition) is 1. The second-order valence-corrected chi connectivity index (χ2v) is 6.85. The molecule has 1 nitrogen and oxygen atoms in total. The van der Waals surface area contributed by atoms with Gasteiger partial charge in [0.15, 0.2) is 0 Å². The molecule has 0 amide bonds. The van der Waals surface area contributed by atoms with Crippen molar-refractivity contribution >= 4 is 0 Å². The maximum Gasteiger partial charge on any atom is 0.00156 e. The zero-order valence-corrected chi connectivity index (χ0v) is 10.6. The SMILES string of the molecule is C[C@H]1CC(C)(C)C[C@](C)(C[C@@H](C)N)C1. The summed E-state index contributed by atoms with van der Waals surface area (Å²) in [4.78, 5) is 0. The molecule has 0 saturated heterocycles. The summed E-state index contributed by atoms with van der Waals surface area (Å²) in [5.41, 5.74) is 6.94. The Morgan fingerprint density at radius 3 is 2.29 bits per heavy atom. The van der Waals surface area contributed by atoms with Crippen molar-refractivity contribution in [1.82, 2.24) is 0 Å². The van der Waals surface area contributed by atoms with E-state index in [0.717, 1.165) is 5.92 Å². The molecule has 0 heterocycles. The van der Waals surface area contributed by atoms with Crippen LogP contribution in [-0.2, 0) is 0 Å². The van der Waals surface area contributed by atoms with Crippen molar-refractivity contribution in [2.75, 3.05) is 0 Å². The van der Waals surface area contributed by atoms with Gasteiger partial charge < -0.3 is 5.73 Å². The first-order chi connectivity index (χ1) is 6.22. The minimum Gasteiger partial charge on any atom is -0.328 e. The van der Waals surface area contributed by atoms with Gasteiger partial charge in [-0.2, -0.15) is 0 Å². The lowest BCUT2D eigenvalue weighted by Crippen LogP contribution is -2.38. The Balaban J connectivity index is 2.68. The summed E-state index contributed by atoms with van der Waals surface area (Å²) in [7, 11) is 0. The van der Waals surface area contributed by atoms with Gasteiger partial charge in [0.05, 0.1) is 0 Å². The Morgan fingerprint density at radius 2 is 1.86 bits per heavy atom. The van der Waals surface area contributed by atoms with E-state index in [1.165, 1.54) is 25.7 Å². The number of hydrogen-bond acceptors (Lipinski definition) is 1. The molecule has 0 aromatic heterocycles. The maximum atomic E-state index is 5.94. The molecule has 3 atom stereocenters. The summed E-state index contributed by atoms with van der Waals surface area (Å²) in [5, 5.41) is 0. The van der Waals surface area contributed by atoms with Crippen LogP contribution in [0.15, 0.2) is 0 Å². The van der Waals surface area contributed by atoms with Crippen molar-refractivity contribution in [3.63, 3.8) is 0 Å². The van der Waals surface area contributed by atoms with Crippen LogP contribution in [0.1, 0.15) is 60.3 Å². The van der Waals surface area contributed by atoms with E-state index in [-0.39, 0.29) is 0 Å². The van der Waals surface area contributed by atoms with Gasteiger partial charge in [-0.25, -0.2) is 0 Å². The van der Waals surface area contributed by atoms with Crippen molar-refractivity contribution in [2.45, 2.75) is 66.3 Å². The first-order valence-corrected chi connectivity index (χ1v) is 5.98. The fraction of sp³-hybridized carbons (Fsp3) is 1.00. The van der Waals surface area contributed by atoms with Gasteiger partial charge in [0, 0.05) is 6.04 Å². The molecule has 14 heavy (non-hydrogen) atoms. The van der Waals surface area contributed by atoms with E-state index in [9.17, 15) is 0 Å². The minimum absolute atomic E-state index is 0.348. The average Bonchev–Trinajstić information content (AvgIpc) is 1.74. The van der Waals surface area contributed by atoms with Gasteiger partial charge in [-0.1, -0.05) is 27.7 Å². The molecule has 0 spiro atoms. The second kappa shape index (κ2) is 3.84. The van der Waals surface area contributed by atoms with Crippen molar-refractivity contribution in [1.29, 1.82) is 0 Å². The molecule has 1 heteroatoms. The van der Waals surface area contributed by atoms with Crippen LogP contribution in [0.3, 0.4) is 0 Å². The normalized spacial score (nSPS) is 39.4. The molecule has 1 saturated carbocycles. The Morgan fingerprint density at radius 1 is 1.29 bits per heavy atom. The highest BCUT2D eigenvalue weighted by atomic mass is 14.6. The highest BCUT2D eigenvalue weighted by Gasteiger charge is 2.39. The van der Waals surface area contributed by atoms with E-state index in [2.05, 4.69) is 34.6 Å². The van der Waals surface area contributed by atoms with E-state index >= 15 is 0 Å². The molecule has 1 aliphatic rings. The molecule has 0 aromatic rings. The molecular weight excluding hydrogens is 170 g/mol. The topological polar surface area (TPSA) is 26.0 Å². The minimum atomic E-state index is 0.348. The molecular formula is C13H27N. The van der Waals surface area contributed by atoms with Crippen molar-refractivity contribution in [2.24, 2.45) is 22.5 Å².